The van der Waals surface area contributed by atoms with Crippen molar-refractivity contribution in [3.05, 3.63) is 12.2 Å². The van der Waals surface area contributed by atoms with Gasteiger partial charge in [-0.2, -0.15) is 0 Å². The Morgan fingerprint density at radius 2 is 1.31 bits per heavy atom. The molecule has 0 bridgehead atoms. The predicted molar refractivity (Wildman–Crippen MR) is 214 cm³/mol. The minimum absolute atomic E-state index is 0.0875. The van der Waals surface area contributed by atoms with Crippen LogP contribution in [0.15, 0.2) is 12.2 Å². The molecule has 0 amide bonds. The van der Waals surface area contributed by atoms with Crippen LogP contribution in [0.25, 0.3) is 0 Å². The minimum Gasteiger partial charge on any atom is -0.394 e. The molecule has 5 heterocycles. The Labute approximate surface area is 363 Å². The van der Waals surface area contributed by atoms with Crippen LogP contribution in [0, 0.1) is 46.3 Å². The predicted octanol–water partition coefficient (Wildman–Crippen LogP) is 0.214. The second-order valence-electron chi connectivity index (χ2n) is 21.1. The molecule has 62 heavy (non-hydrogen) atoms. The van der Waals surface area contributed by atoms with E-state index in [0.29, 0.717) is 48.5 Å². The van der Waals surface area contributed by atoms with Crippen LogP contribution in [-0.2, 0) is 37.9 Å². The summed E-state index contributed by atoms with van der Waals surface area (Å²) >= 11 is 0. The highest BCUT2D eigenvalue weighted by molar-refractivity contribution is 5.16. The quantitative estimate of drug-likeness (QED) is 0.117. The summed E-state index contributed by atoms with van der Waals surface area (Å²) in [4.78, 5) is 0. The van der Waals surface area contributed by atoms with E-state index in [2.05, 4.69) is 27.4 Å². The molecule has 0 aromatic heterocycles. The van der Waals surface area contributed by atoms with E-state index in [-0.39, 0.29) is 23.0 Å². The van der Waals surface area contributed by atoms with Crippen molar-refractivity contribution in [1.82, 2.24) is 0 Å². The molecule has 4 aliphatic carbocycles. The summed E-state index contributed by atoms with van der Waals surface area (Å²) in [7, 11) is 0. The summed E-state index contributed by atoms with van der Waals surface area (Å²) < 4.78 is 49.9. The monoisotopic (exact) mass is 884 g/mol. The van der Waals surface area contributed by atoms with E-state index in [1.54, 1.807) is 0 Å². The lowest BCUT2D eigenvalue weighted by Crippen LogP contribution is -2.67. The Morgan fingerprint density at radius 1 is 0.645 bits per heavy atom. The van der Waals surface area contributed by atoms with Gasteiger partial charge in [-0.15, -0.1) is 0 Å². The fourth-order valence-corrected chi connectivity index (χ4v) is 14.5. The molecule has 9 aliphatic rings. The van der Waals surface area contributed by atoms with Gasteiger partial charge in [-0.1, -0.05) is 32.9 Å². The maximum Gasteiger partial charge on any atom is 0.187 e. The van der Waals surface area contributed by atoms with Gasteiger partial charge in [0.25, 0.3) is 0 Å². The van der Waals surface area contributed by atoms with Crippen molar-refractivity contribution in [2.75, 3.05) is 19.8 Å². The van der Waals surface area contributed by atoms with Crippen molar-refractivity contribution in [1.29, 1.82) is 0 Å². The van der Waals surface area contributed by atoms with Gasteiger partial charge in [0.15, 0.2) is 24.7 Å². The summed E-state index contributed by atoms with van der Waals surface area (Å²) in [5.74, 6) is 2.40. The van der Waals surface area contributed by atoms with Crippen LogP contribution in [0.1, 0.15) is 91.9 Å². The molecule has 5 saturated heterocycles. The molecule has 9 rings (SSSR count). The van der Waals surface area contributed by atoms with Crippen molar-refractivity contribution in [3.63, 3.8) is 0 Å². The van der Waals surface area contributed by atoms with Crippen LogP contribution in [0.3, 0.4) is 0 Å². The van der Waals surface area contributed by atoms with Crippen LogP contribution >= 0.6 is 0 Å². The highest BCUT2D eigenvalue weighted by Crippen LogP contribution is 2.71. The fraction of sp³-hybridized carbons (Fsp3) is 0.956. The van der Waals surface area contributed by atoms with E-state index in [0.717, 1.165) is 63.4 Å². The van der Waals surface area contributed by atoms with E-state index in [4.69, 9.17) is 37.9 Å². The lowest BCUT2D eigenvalue weighted by atomic mass is 9.44. The van der Waals surface area contributed by atoms with Gasteiger partial charge >= 0.3 is 0 Å². The largest absolute Gasteiger partial charge is 0.394 e. The molecule has 1 spiro atoms. The summed E-state index contributed by atoms with van der Waals surface area (Å²) in [6.07, 6.45) is -13.2. The van der Waals surface area contributed by atoms with Gasteiger partial charge in [0.1, 0.15) is 67.1 Å². The molecule has 17 nitrogen and oxygen atoms in total. The molecule has 26 atom stereocenters. The van der Waals surface area contributed by atoms with Crippen molar-refractivity contribution < 1.29 is 83.9 Å². The average molecular weight is 885 g/mol. The van der Waals surface area contributed by atoms with E-state index >= 15 is 0 Å². The molecule has 0 aromatic carbocycles. The molecule has 17 heteroatoms. The first-order chi connectivity index (χ1) is 29.4. The fourth-order valence-electron chi connectivity index (χ4n) is 14.5. The van der Waals surface area contributed by atoms with E-state index < -0.39 is 111 Å². The lowest BCUT2D eigenvalue weighted by Gasteiger charge is -2.61. The number of rotatable bonds is 8. The number of hydrogen-bond acceptors (Lipinski definition) is 17. The molecule has 1 unspecified atom stereocenters. The van der Waals surface area contributed by atoms with Gasteiger partial charge in [-0.05, 0) is 105 Å². The number of fused-ring (bicyclic) bond motifs is 7. The average Bonchev–Trinajstić information content (AvgIpc) is 3.70. The zero-order chi connectivity index (χ0) is 44.2. The lowest BCUT2D eigenvalue weighted by molar-refractivity contribution is -0.391. The number of ether oxygens (including phenoxy) is 8. The van der Waals surface area contributed by atoms with Crippen LogP contribution in [0.2, 0.25) is 0 Å². The molecule has 0 aromatic rings. The van der Waals surface area contributed by atoms with Crippen LogP contribution in [-0.4, -0.2) is 176 Å². The maximum absolute atomic E-state index is 12.0. The third-order valence-electron chi connectivity index (χ3n) is 18.0. The second kappa shape index (κ2) is 17.3. The Kier molecular flexibility index (Phi) is 12.9. The zero-order valence-corrected chi connectivity index (χ0v) is 36.5. The molecule has 354 valence electrons. The molecule has 9 fully saturated rings. The van der Waals surface area contributed by atoms with Crippen molar-refractivity contribution >= 4 is 0 Å². The SMILES string of the molecule is C=C1CC[C@@]2(OC1)O[C@H]1C[C@H]3[C@@H]4CCC5C[C@@H](O[C@@H]6O[C@H](CO)[C@@H](O[C@@H]7O[C@@H](C)[C@H](O)[C@@H](O)[C@H]7O)[C@H](O)[C@H]6O[C@@H]6O[C@H](CO)[C@@H](O)[C@H](O)[C@H]6O)CC[C@]5(C)[C@H]4CC[C@]3(C)[C@H]1[C@@H]2C. The van der Waals surface area contributed by atoms with Gasteiger partial charge in [0.2, 0.25) is 0 Å². The van der Waals surface area contributed by atoms with Crippen LogP contribution in [0.4, 0.5) is 0 Å². The highest BCUT2D eigenvalue weighted by atomic mass is 16.8. The molecule has 0 radical (unpaired) electrons. The molecule has 5 aliphatic heterocycles. The Morgan fingerprint density at radius 3 is 2.00 bits per heavy atom. The maximum atomic E-state index is 12.0. The molecular formula is C45H72O17. The Bertz CT molecular complexity index is 1590. The number of aliphatic hydroxyl groups is 9. The van der Waals surface area contributed by atoms with Gasteiger partial charge in [0, 0.05) is 12.3 Å². The Balaban J connectivity index is 0.903. The summed E-state index contributed by atoms with van der Waals surface area (Å²) in [6.45, 7) is 12.2. The summed E-state index contributed by atoms with van der Waals surface area (Å²) in [5.41, 5.74) is 1.42. The van der Waals surface area contributed by atoms with E-state index in [9.17, 15) is 46.0 Å². The van der Waals surface area contributed by atoms with Crippen LogP contribution in [0.5, 0.6) is 0 Å². The van der Waals surface area contributed by atoms with Crippen molar-refractivity contribution in [2.24, 2.45) is 46.3 Å². The number of aliphatic hydroxyl groups excluding tert-OH is 9. The summed E-state index contributed by atoms with van der Waals surface area (Å²) in [5, 5.41) is 95.9. The molecule has 4 saturated carbocycles. The normalized spacial score (nSPS) is 57.8. The van der Waals surface area contributed by atoms with E-state index in [1.165, 1.54) is 6.92 Å². The topological polar surface area (TPSA) is 256 Å². The van der Waals surface area contributed by atoms with Gasteiger partial charge in [0.05, 0.1) is 38.1 Å². The van der Waals surface area contributed by atoms with Gasteiger partial charge < -0.3 is 83.9 Å². The van der Waals surface area contributed by atoms with E-state index in [1.807, 2.05) is 0 Å². The number of hydrogen-bond donors (Lipinski definition) is 9. The third kappa shape index (κ3) is 7.49. The van der Waals surface area contributed by atoms with Crippen molar-refractivity contribution in [2.45, 2.75) is 202 Å². The Hall–Kier alpha value is -0.940. The molecule has 9 N–H and O–H groups in total. The zero-order valence-electron chi connectivity index (χ0n) is 36.5. The van der Waals surface area contributed by atoms with Crippen LogP contribution < -0.4 is 0 Å². The smallest absolute Gasteiger partial charge is 0.187 e. The second-order valence-corrected chi connectivity index (χ2v) is 21.1. The first-order valence-electron chi connectivity index (χ1n) is 23.3. The first-order valence-corrected chi connectivity index (χ1v) is 23.3. The molecular weight excluding hydrogens is 812 g/mol. The highest BCUT2D eigenvalue weighted by Gasteiger charge is 2.69. The summed E-state index contributed by atoms with van der Waals surface area (Å²) in [6, 6.07) is 0. The van der Waals surface area contributed by atoms with Gasteiger partial charge in [-0.3, -0.25) is 0 Å². The third-order valence-corrected chi connectivity index (χ3v) is 18.0. The first kappa shape index (κ1) is 46.2. The minimum atomic E-state index is -1.81. The van der Waals surface area contributed by atoms with Gasteiger partial charge in [-0.25, -0.2) is 0 Å². The standard InChI is InChI=1S/C45H72O17/c1-19-8-13-45(55-18-19)20(2)30-27(62-45)15-26-24-7-6-22-14-23(9-11-43(22,4)25(24)10-12-44(26,30)5)57-42-39(61-41-36(53)34(51)32(49)28(16-46)58-41)37(54)38(29(17-47)59-42)60-40-35(52)33(50)31(48)21(3)56-40/h20-42,46-54H,1,6-18H2,2-5H3/t20-,21-,22?,23-,24+,25-,26-,27-,28+,29+,30-,31-,32+,33+,34-,35+,36+,37-,38+,39+,40-,41-,42+,43-,44-,45+/m0/s1. The van der Waals surface area contributed by atoms with Crippen molar-refractivity contribution in [3.8, 4) is 0 Å².